The third-order valence-electron chi connectivity index (χ3n) is 4.76. The van der Waals surface area contributed by atoms with Gasteiger partial charge in [0.1, 0.15) is 12.1 Å². The van der Waals surface area contributed by atoms with Gasteiger partial charge in [-0.3, -0.25) is 14.5 Å². The summed E-state index contributed by atoms with van der Waals surface area (Å²) in [5, 5.41) is 3.21. The number of nitrogens with zero attached hydrogens (tertiary/aromatic N) is 1. The normalized spacial score (nSPS) is 13.1. The Balaban J connectivity index is 1.94. The molecule has 0 bridgehead atoms. The van der Waals surface area contributed by atoms with Crippen molar-refractivity contribution in [3.8, 4) is 11.1 Å². The first kappa shape index (κ1) is 21.0. The lowest BCUT2D eigenvalue weighted by Gasteiger charge is -2.16. The topological polar surface area (TPSA) is 59.1 Å². The molecule has 0 radical (unpaired) electrons. The van der Waals surface area contributed by atoms with Gasteiger partial charge in [0.2, 0.25) is 0 Å². The lowest BCUT2D eigenvalue weighted by Crippen LogP contribution is -2.22. The van der Waals surface area contributed by atoms with E-state index in [1.807, 2.05) is 31.2 Å². The summed E-state index contributed by atoms with van der Waals surface area (Å²) in [6.07, 6.45) is 4.17. The van der Waals surface area contributed by atoms with Crippen molar-refractivity contribution >= 4 is 17.1 Å². The standard InChI is InChI=1S/C23H23FN2O2S/c1-15-4-7-18(11-22(15)24)19-8-20(10-21(9-19)29(3)28)23(14-27)26-13-17-6-5-16(2)25-12-17/h4-12,14,23,26H,13H2,1-3H3. The van der Waals surface area contributed by atoms with Crippen LogP contribution in [0.1, 0.15) is 28.4 Å². The summed E-state index contributed by atoms with van der Waals surface area (Å²) >= 11 is 0. The third-order valence-corrected chi connectivity index (χ3v) is 5.66. The predicted octanol–water partition coefficient (Wildman–Crippen LogP) is 4.27. The largest absolute Gasteiger partial charge is 0.301 e. The summed E-state index contributed by atoms with van der Waals surface area (Å²) in [7, 11) is -1.24. The highest BCUT2D eigenvalue weighted by atomic mass is 32.2. The van der Waals surface area contributed by atoms with Gasteiger partial charge in [-0.2, -0.15) is 0 Å². The molecule has 2 unspecified atom stereocenters. The Morgan fingerprint density at radius 2 is 1.90 bits per heavy atom. The van der Waals surface area contributed by atoms with Crippen molar-refractivity contribution in [1.82, 2.24) is 10.3 Å². The molecule has 0 amide bonds. The first-order chi connectivity index (χ1) is 13.9. The van der Waals surface area contributed by atoms with Crippen molar-refractivity contribution in [2.45, 2.75) is 31.3 Å². The fourth-order valence-corrected chi connectivity index (χ4v) is 3.58. The average Bonchev–Trinajstić information content (AvgIpc) is 2.71. The molecule has 0 fully saturated rings. The van der Waals surface area contributed by atoms with E-state index in [0.29, 0.717) is 28.1 Å². The summed E-state index contributed by atoms with van der Waals surface area (Å²) in [6, 6.07) is 13.6. The van der Waals surface area contributed by atoms with E-state index in [2.05, 4.69) is 10.3 Å². The Hall–Kier alpha value is -2.70. The van der Waals surface area contributed by atoms with Crippen LogP contribution in [0.3, 0.4) is 0 Å². The van der Waals surface area contributed by atoms with E-state index in [4.69, 9.17) is 0 Å². The second-order valence-corrected chi connectivity index (χ2v) is 8.39. The van der Waals surface area contributed by atoms with Gasteiger partial charge >= 0.3 is 0 Å². The van der Waals surface area contributed by atoms with E-state index >= 15 is 0 Å². The van der Waals surface area contributed by atoms with Crippen LogP contribution in [0.15, 0.2) is 59.6 Å². The number of nitrogens with one attached hydrogen (secondary N) is 1. The van der Waals surface area contributed by atoms with Crippen molar-refractivity contribution < 1.29 is 13.4 Å². The number of halogens is 1. The van der Waals surface area contributed by atoms with Crippen LogP contribution >= 0.6 is 0 Å². The summed E-state index contributed by atoms with van der Waals surface area (Å²) in [5.41, 5.74) is 4.52. The molecular formula is C23H23FN2O2S. The van der Waals surface area contributed by atoms with Crippen LogP contribution in [0.2, 0.25) is 0 Å². The molecule has 0 aliphatic rings. The van der Waals surface area contributed by atoms with Crippen LogP contribution in [0.4, 0.5) is 4.39 Å². The quantitative estimate of drug-likeness (QED) is 0.591. The number of aromatic nitrogens is 1. The SMILES string of the molecule is Cc1ccc(CNC(C=O)c2cc(-c3ccc(C)c(F)c3)cc(S(C)=O)c2)cn1. The maximum absolute atomic E-state index is 14.1. The summed E-state index contributed by atoms with van der Waals surface area (Å²) in [5.74, 6) is -0.302. The number of rotatable bonds is 7. The van der Waals surface area contributed by atoms with Crippen molar-refractivity contribution in [3.05, 3.63) is 82.9 Å². The van der Waals surface area contributed by atoms with E-state index in [9.17, 15) is 13.4 Å². The Bertz CT molecular complexity index is 1050. The van der Waals surface area contributed by atoms with Crippen LogP contribution in [0, 0.1) is 19.7 Å². The molecule has 3 rings (SSSR count). The number of carbonyl (C=O) groups excluding carboxylic acids is 1. The summed E-state index contributed by atoms with van der Waals surface area (Å²) < 4.78 is 26.2. The monoisotopic (exact) mass is 410 g/mol. The number of hydrogen-bond donors (Lipinski definition) is 1. The highest BCUT2D eigenvalue weighted by Crippen LogP contribution is 2.28. The first-order valence-electron chi connectivity index (χ1n) is 9.22. The zero-order valence-electron chi connectivity index (χ0n) is 16.6. The zero-order chi connectivity index (χ0) is 21.0. The molecule has 0 aliphatic carbocycles. The molecule has 3 aromatic rings. The maximum atomic E-state index is 14.1. The number of benzene rings is 2. The number of carbonyl (C=O) groups is 1. The first-order valence-corrected chi connectivity index (χ1v) is 10.8. The van der Waals surface area contributed by atoms with Gasteiger partial charge < -0.3 is 4.79 Å². The third kappa shape index (κ3) is 5.22. The Labute approximate surface area is 172 Å². The molecule has 29 heavy (non-hydrogen) atoms. The van der Waals surface area contributed by atoms with E-state index < -0.39 is 16.8 Å². The fraction of sp³-hybridized carbons (Fsp3) is 0.217. The van der Waals surface area contributed by atoms with Gasteiger partial charge in [-0.05, 0) is 72.0 Å². The van der Waals surface area contributed by atoms with Crippen LogP contribution in [0.5, 0.6) is 0 Å². The van der Waals surface area contributed by atoms with Gasteiger partial charge in [0, 0.05) is 40.4 Å². The van der Waals surface area contributed by atoms with Gasteiger partial charge in [-0.15, -0.1) is 0 Å². The Kier molecular flexibility index (Phi) is 6.67. The summed E-state index contributed by atoms with van der Waals surface area (Å²) in [4.78, 5) is 16.6. The van der Waals surface area contributed by atoms with Gasteiger partial charge in [0.25, 0.3) is 0 Å². The molecule has 0 aliphatic heterocycles. The van der Waals surface area contributed by atoms with Gasteiger partial charge in [-0.25, -0.2) is 4.39 Å². The lowest BCUT2D eigenvalue weighted by molar-refractivity contribution is -0.109. The Morgan fingerprint density at radius 1 is 1.10 bits per heavy atom. The molecule has 1 N–H and O–H groups in total. The number of hydrogen-bond acceptors (Lipinski definition) is 4. The van der Waals surface area contributed by atoms with Crippen molar-refractivity contribution in [3.63, 3.8) is 0 Å². The molecule has 2 aromatic carbocycles. The van der Waals surface area contributed by atoms with E-state index in [1.165, 1.54) is 6.07 Å². The predicted molar refractivity (Wildman–Crippen MR) is 114 cm³/mol. The molecule has 150 valence electrons. The fourth-order valence-electron chi connectivity index (χ4n) is 2.98. The van der Waals surface area contributed by atoms with Crippen LogP contribution in [0.25, 0.3) is 11.1 Å². The van der Waals surface area contributed by atoms with Crippen molar-refractivity contribution in [1.29, 1.82) is 0 Å². The van der Waals surface area contributed by atoms with Crippen LogP contribution in [-0.2, 0) is 22.1 Å². The molecule has 1 aromatic heterocycles. The second-order valence-electron chi connectivity index (χ2n) is 7.01. The second kappa shape index (κ2) is 9.20. The zero-order valence-corrected chi connectivity index (χ0v) is 17.4. The lowest BCUT2D eigenvalue weighted by atomic mass is 9.98. The highest BCUT2D eigenvalue weighted by Gasteiger charge is 2.15. The van der Waals surface area contributed by atoms with E-state index in [-0.39, 0.29) is 5.82 Å². The minimum atomic E-state index is -1.24. The molecule has 4 nitrogen and oxygen atoms in total. The number of aldehydes is 1. The smallest absolute Gasteiger partial charge is 0.141 e. The minimum absolute atomic E-state index is 0.302. The molecular weight excluding hydrogens is 387 g/mol. The Morgan fingerprint density at radius 3 is 2.52 bits per heavy atom. The van der Waals surface area contributed by atoms with Crippen molar-refractivity contribution in [2.75, 3.05) is 6.26 Å². The molecule has 0 saturated carbocycles. The number of pyridine rings is 1. The molecule has 1 heterocycles. The van der Waals surface area contributed by atoms with Gasteiger partial charge in [0.05, 0.1) is 6.04 Å². The van der Waals surface area contributed by atoms with Crippen molar-refractivity contribution in [2.24, 2.45) is 0 Å². The molecule has 6 heteroatoms. The molecule has 0 saturated heterocycles. The van der Waals surface area contributed by atoms with E-state index in [1.54, 1.807) is 37.6 Å². The average molecular weight is 411 g/mol. The van der Waals surface area contributed by atoms with E-state index in [0.717, 1.165) is 23.1 Å². The van der Waals surface area contributed by atoms with Crippen LogP contribution < -0.4 is 5.32 Å². The minimum Gasteiger partial charge on any atom is -0.301 e. The van der Waals surface area contributed by atoms with Gasteiger partial charge in [-0.1, -0.05) is 18.2 Å². The van der Waals surface area contributed by atoms with Gasteiger partial charge in [0.15, 0.2) is 0 Å². The number of aryl methyl sites for hydroxylation is 2. The summed E-state index contributed by atoms with van der Waals surface area (Å²) in [6.45, 7) is 4.08. The highest BCUT2D eigenvalue weighted by molar-refractivity contribution is 7.84. The molecule has 0 spiro atoms. The molecule has 2 atom stereocenters. The maximum Gasteiger partial charge on any atom is 0.141 e. The van der Waals surface area contributed by atoms with Crippen LogP contribution in [-0.4, -0.2) is 21.7 Å².